The summed E-state index contributed by atoms with van der Waals surface area (Å²) in [5.74, 6) is 0.832. The predicted octanol–water partition coefficient (Wildman–Crippen LogP) is 6.12. The molecule has 4 aromatic rings. The van der Waals surface area contributed by atoms with Crippen LogP contribution < -0.4 is 4.74 Å². The molecule has 0 aromatic heterocycles. The molecule has 1 atom stereocenters. The van der Waals surface area contributed by atoms with E-state index in [1.54, 1.807) is 0 Å². The Morgan fingerprint density at radius 2 is 1.29 bits per heavy atom. The second kappa shape index (κ2) is 12.4. The minimum atomic E-state index is -0.531. The Labute approximate surface area is 227 Å². The number of benzene rings is 4. The van der Waals surface area contributed by atoms with Crippen LogP contribution in [0.2, 0.25) is 0 Å². The van der Waals surface area contributed by atoms with Gasteiger partial charge in [0.1, 0.15) is 18.5 Å². The third-order valence-electron chi connectivity index (χ3n) is 7.46. The highest BCUT2D eigenvalue weighted by atomic mass is 16.5. The molecule has 4 heteroatoms. The zero-order valence-corrected chi connectivity index (χ0v) is 22.5. The van der Waals surface area contributed by atoms with Gasteiger partial charge in [0.2, 0.25) is 0 Å². The number of aliphatic hydroxyl groups excluding tert-OH is 1. The number of piperazine rings is 1. The second-order valence-electron chi connectivity index (χ2n) is 10.4. The highest BCUT2D eigenvalue weighted by molar-refractivity contribution is 5.65. The van der Waals surface area contributed by atoms with E-state index in [1.165, 1.54) is 27.8 Å². The summed E-state index contributed by atoms with van der Waals surface area (Å²) in [6, 6.07) is 36.6. The Morgan fingerprint density at radius 3 is 1.87 bits per heavy atom. The van der Waals surface area contributed by atoms with Crippen molar-refractivity contribution in [3.8, 4) is 16.9 Å². The lowest BCUT2D eigenvalue weighted by Gasteiger charge is -2.40. The normalized spacial score (nSPS) is 15.5. The number of β-amino-alcohol motifs (C(OH)–C–C–N with tert-alkyl or cyclic N) is 1. The van der Waals surface area contributed by atoms with Crippen LogP contribution in [0.5, 0.6) is 5.75 Å². The lowest BCUT2D eigenvalue weighted by atomic mass is 9.96. The van der Waals surface area contributed by atoms with Crippen molar-refractivity contribution in [1.29, 1.82) is 0 Å². The van der Waals surface area contributed by atoms with E-state index >= 15 is 0 Å². The molecule has 4 nitrogen and oxygen atoms in total. The molecule has 0 amide bonds. The first-order valence-corrected chi connectivity index (χ1v) is 13.6. The van der Waals surface area contributed by atoms with Gasteiger partial charge in [0.05, 0.1) is 6.04 Å². The van der Waals surface area contributed by atoms with Crippen molar-refractivity contribution in [3.63, 3.8) is 0 Å². The fourth-order valence-electron chi connectivity index (χ4n) is 5.36. The molecular formula is C34H38N2O2. The molecule has 5 rings (SSSR count). The summed E-state index contributed by atoms with van der Waals surface area (Å²) in [5.41, 5.74) is 7.36. The van der Waals surface area contributed by atoms with Gasteiger partial charge in [-0.05, 0) is 53.8 Å². The maximum absolute atomic E-state index is 10.8. The van der Waals surface area contributed by atoms with Crippen LogP contribution in [0, 0.1) is 13.8 Å². The molecule has 4 aromatic carbocycles. The highest BCUT2D eigenvalue weighted by Gasteiger charge is 2.27. The Bertz CT molecular complexity index is 1240. The number of nitrogens with zero attached hydrogens (tertiary/aromatic N) is 2. The van der Waals surface area contributed by atoms with Crippen molar-refractivity contribution in [1.82, 2.24) is 9.80 Å². The van der Waals surface area contributed by atoms with Crippen LogP contribution in [0.15, 0.2) is 103 Å². The largest absolute Gasteiger partial charge is 0.491 e. The van der Waals surface area contributed by atoms with Crippen LogP contribution in [0.3, 0.4) is 0 Å². The number of aliphatic hydroxyl groups is 1. The Balaban J connectivity index is 1.14. The standard InChI is InChI=1S/C34H38N2O2/c1-26-13-15-28(16-14-26)31-17-18-33(27(2)23-31)38-25-32(37)24-35-19-21-36(22-20-35)34(29-9-5-3-6-10-29)30-11-7-4-8-12-30/h3-18,23,32,34,37H,19-22,24-25H2,1-2H3/t32-/m0/s1. The van der Waals surface area contributed by atoms with Crippen molar-refractivity contribution >= 4 is 0 Å². The minimum absolute atomic E-state index is 0.249. The molecule has 38 heavy (non-hydrogen) atoms. The molecule has 0 spiro atoms. The van der Waals surface area contributed by atoms with E-state index in [-0.39, 0.29) is 6.04 Å². The van der Waals surface area contributed by atoms with Gasteiger partial charge in [-0.1, -0.05) is 96.6 Å². The molecule has 1 saturated heterocycles. The van der Waals surface area contributed by atoms with Crippen molar-refractivity contribution in [3.05, 3.63) is 125 Å². The van der Waals surface area contributed by atoms with Gasteiger partial charge in [-0.15, -0.1) is 0 Å². The van der Waals surface area contributed by atoms with Gasteiger partial charge in [-0.3, -0.25) is 9.80 Å². The third-order valence-corrected chi connectivity index (χ3v) is 7.46. The Kier molecular flexibility index (Phi) is 8.54. The first-order chi connectivity index (χ1) is 18.6. The Morgan fingerprint density at radius 1 is 0.711 bits per heavy atom. The maximum atomic E-state index is 10.8. The van der Waals surface area contributed by atoms with Crippen molar-refractivity contribution in [2.75, 3.05) is 39.3 Å². The summed E-state index contributed by atoms with van der Waals surface area (Å²) >= 11 is 0. The van der Waals surface area contributed by atoms with Gasteiger partial charge in [-0.25, -0.2) is 0 Å². The van der Waals surface area contributed by atoms with Gasteiger partial charge >= 0.3 is 0 Å². The summed E-state index contributed by atoms with van der Waals surface area (Å²) in [5, 5.41) is 10.8. The monoisotopic (exact) mass is 506 g/mol. The molecule has 196 valence electrons. The maximum Gasteiger partial charge on any atom is 0.122 e. The Hall–Kier alpha value is -3.44. The van der Waals surface area contributed by atoms with Crippen molar-refractivity contribution < 1.29 is 9.84 Å². The van der Waals surface area contributed by atoms with E-state index in [0.717, 1.165) is 37.5 Å². The molecule has 1 fully saturated rings. The zero-order chi connectivity index (χ0) is 26.3. The fourth-order valence-corrected chi connectivity index (χ4v) is 5.36. The van der Waals surface area contributed by atoms with E-state index in [0.29, 0.717) is 13.2 Å². The van der Waals surface area contributed by atoms with Crippen LogP contribution in [0.4, 0.5) is 0 Å². The number of rotatable bonds is 9. The summed E-state index contributed by atoms with van der Waals surface area (Å²) in [6.07, 6.45) is -0.531. The van der Waals surface area contributed by atoms with Crippen molar-refractivity contribution in [2.24, 2.45) is 0 Å². The average molecular weight is 507 g/mol. The molecule has 1 N–H and O–H groups in total. The van der Waals surface area contributed by atoms with E-state index in [4.69, 9.17) is 4.74 Å². The molecule has 0 unspecified atom stereocenters. The molecular weight excluding hydrogens is 468 g/mol. The minimum Gasteiger partial charge on any atom is -0.491 e. The summed E-state index contributed by atoms with van der Waals surface area (Å²) < 4.78 is 6.04. The van der Waals surface area contributed by atoms with E-state index in [1.807, 2.05) is 6.07 Å². The molecule has 0 saturated carbocycles. The lowest BCUT2D eigenvalue weighted by Crippen LogP contribution is -2.50. The van der Waals surface area contributed by atoms with Gasteiger partial charge in [0.15, 0.2) is 0 Å². The molecule has 1 aliphatic rings. The summed E-state index contributed by atoms with van der Waals surface area (Å²) in [7, 11) is 0. The number of aryl methyl sites for hydroxylation is 2. The summed E-state index contributed by atoms with van der Waals surface area (Å²) in [6.45, 7) is 8.85. The number of hydrogen-bond donors (Lipinski definition) is 1. The smallest absolute Gasteiger partial charge is 0.122 e. The highest BCUT2D eigenvalue weighted by Crippen LogP contribution is 2.30. The van der Waals surface area contributed by atoms with Crippen molar-refractivity contribution in [2.45, 2.75) is 26.0 Å². The van der Waals surface area contributed by atoms with E-state index < -0.39 is 6.10 Å². The van der Waals surface area contributed by atoms with Crippen LogP contribution in [-0.2, 0) is 0 Å². The first kappa shape index (κ1) is 26.2. The summed E-state index contributed by atoms with van der Waals surface area (Å²) in [4.78, 5) is 4.91. The molecule has 0 radical (unpaired) electrons. The molecule has 1 aliphatic heterocycles. The molecule has 0 bridgehead atoms. The van der Waals surface area contributed by atoms with Crippen LogP contribution >= 0.6 is 0 Å². The van der Waals surface area contributed by atoms with E-state index in [2.05, 4.69) is 121 Å². The van der Waals surface area contributed by atoms with Crippen LogP contribution in [-0.4, -0.2) is 60.3 Å². The van der Waals surface area contributed by atoms with Gasteiger partial charge in [0, 0.05) is 32.7 Å². The quantitative estimate of drug-likeness (QED) is 0.297. The fraction of sp³-hybridized carbons (Fsp3) is 0.294. The number of ether oxygens (including phenoxy) is 1. The zero-order valence-electron chi connectivity index (χ0n) is 22.5. The number of hydrogen-bond acceptors (Lipinski definition) is 4. The SMILES string of the molecule is Cc1ccc(-c2ccc(OC[C@@H](O)CN3CCN(C(c4ccccc4)c4ccccc4)CC3)c(C)c2)cc1. The lowest BCUT2D eigenvalue weighted by molar-refractivity contribution is 0.0399. The third kappa shape index (κ3) is 6.51. The van der Waals surface area contributed by atoms with Gasteiger partial charge in [0.25, 0.3) is 0 Å². The molecule has 0 aliphatic carbocycles. The predicted molar refractivity (Wildman–Crippen MR) is 156 cm³/mol. The second-order valence-corrected chi connectivity index (χ2v) is 10.4. The van der Waals surface area contributed by atoms with Crippen LogP contribution in [0.25, 0.3) is 11.1 Å². The average Bonchev–Trinajstić information content (AvgIpc) is 2.95. The van der Waals surface area contributed by atoms with E-state index in [9.17, 15) is 5.11 Å². The topological polar surface area (TPSA) is 35.9 Å². The van der Waals surface area contributed by atoms with Gasteiger partial charge < -0.3 is 9.84 Å². The van der Waals surface area contributed by atoms with Crippen LogP contribution in [0.1, 0.15) is 28.3 Å². The molecule has 1 heterocycles. The van der Waals surface area contributed by atoms with Gasteiger partial charge in [-0.2, -0.15) is 0 Å². The first-order valence-electron chi connectivity index (χ1n) is 13.6.